The van der Waals surface area contributed by atoms with Gasteiger partial charge in [-0.1, -0.05) is 96.5 Å². The molecule has 5 rings (SSSR count). The molecule has 0 spiro atoms. The molecule has 0 fully saturated rings. The van der Waals surface area contributed by atoms with E-state index in [1.54, 1.807) is 66.7 Å². The fourth-order valence-electron chi connectivity index (χ4n) is 5.30. The van der Waals surface area contributed by atoms with E-state index in [9.17, 15) is 18.0 Å². The molecule has 0 heterocycles. The summed E-state index contributed by atoms with van der Waals surface area (Å²) in [5, 5.41) is 3.38. The normalized spacial score (nSPS) is 11.8. The Hall–Kier alpha value is -5.12. The number of halogens is 1. The zero-order chi connectivity index (χ0) is 34.8. The summed E-state index contributed by atoms with van der Waals surface area (Å²) in [6.07, 6.45) is 0.201. The second-order valence-electron chi connectivity index (χ2n) is 11.7. The maximum absolute atomic E-state index is 14.6. The fraction of sp³-hybridized carbons (Fsp3) is 0.179. The minimum atomic E-state index is -4.24. The number of benzene rings is 5. The number of rotatable bonds is 14. The molecule has 2 amide bonds. The molecule has 0 aliphatic rings. The van der Waals surface area contributed by atoms with Gasteiger partial charge in [0.2, 0.25) is 11.8 Å². The number of nitrogens with zero attached hydrogens (tertiary/aromatic N) is 2. The lowest BCUT2D eigenvalue weighted by molar-refractivity contribution is -0.140. The Morgan fingerprint density at radius 1 is 0.735 bits per heavy atom. The highest BCUT2D eigenvalue weighted by Crippen LogP contribution is 2.29. The maximum Gasteiger partial charge on any atom is 0.264 e. The highest BCUT2D eigenvalue weighted by molar-refractivity contribution is 7.92. The number of anilines is 1. The Balaban J connectivity index is 1.55. The monoisotopic (exact) mass is 695 g/mol. The molecule has 10 heteroatoms. The number of sulfonamides is 1. The number of carbonyl (C=O) groups excluding carboxylic acids is 2. The van der Waals surface area contributed by atoms with Crippen molar-refractivity contribution in [3.63, 3.8) is 0 Å². The summed E-state index contributed by atoms with van der Waals surface area (Å²) in [5.74, 6) is 0.175. The molecule has 8 nitrogen and oxygen atoms in total. The molecule has 5 aromatic carbocycles. The van der Waals surface area contributed by atoms with Crippen molar-refractivity contribution in [2.24, 2.45) is 0 Å². The molecule has 49 heavy (non-hydrogen) atoms. The van der Waals surface area contributed by atoms with E-state index in [2.05, 4.69) is 5.32 Å². The van der Waals surface area contributed by atoms with E-state index in [1.165, 1.54) is 17.0 Å². The number of hydrogen-bond acceptors (Lipinski definition) is 5. The van der Waals surface area contributed by atoms with Crippen LogP contribution in [0.2, 0.25) is 5.02 Å². The summed E-state index contributed by atoms with van der Waals surface area (Å²) < 4.78 is 35.5. The van der Waals surface area contributed by atoms with Crippen molar-refractivity contribution < 1.29 is 22.7 Å². The smallest absolute Gasteiger partial charge is 0.264 e. The van der Waals surface area contributed by atoms with Crippen LogP contribution in [0.1, 0.15) is 25.0 Å². The lowest BCUT2D eigenvalue weighted by Crippen LogP contribution is -2.54. The summed E-state index contributed by atoms with van der Waals surface area (Å²) >= 11 is 6.57. The molecule has 0 saturated heterocycles. The Bertz CT molecular complexity index is 1940. The number of amides is 2. The van der Waals surface area contributed by atoms with Gasteiger partial charge in [0.05, 0.1) is 10.6 Å². The van der Waals surface area contributed by atoms with Crippen molar-refractivity contribution in [3.8, 4) is 11.5 Å². The van der Waals surface area contributed by atoms with Crippen LogP contribution < -0.4 is 14.4 Å². The number of ether oxygens (including phenoxy) is 1. The SMILES string of the molecule is CC(C)NC(=O)C(Cc1ccccc1)N(Cc1ccccc1Cl)C(=O)CN(c1ccc(Oc2ccccc2)cc1)S(=O)(=O)c1ccccc1. The largest absolute Gasteiger partial charge is 0.457 e. The average molecular weight is 696 g/mol. The Morgan fingerprint density at radius 2 is 1.29 bits per heavy atom. The number of carbonyl (C=O) groups is 2. The van der Waals surface area contributed by atoms with Gasteiger partial charge in [0.25, 0.3) is 10.0 Å². The second kappa shape index (κ2) is 16.3. The first kappa shape index (κ1) is 35.2. The van der Waals surface area contributed by atoms with Crippen LogP contribution in [-0.4, -0.2) is 43.8 Å². The van der Waals surface area contributed by atoms with Crippen LogP contribution in [0, 0.1) is 0 Å². The van der Waals surface area contributed by atoms with Gasteiger partial charge in [-0.25, -0.2) is 8.42 Å². The van der Waals surface area contributed by atoms with Gasteiger partial charge in [0, 0.05) is 24.0 Å². The minimum Gasteiger partial charge on any atom is -0.457 e. The standard InChI is InChI=1S/C39H38ClN3O5S/c1-29(2)41-39(45)37(26-30-14-6-3-7-15-30)42(27-31-16-12-13-21-36(31)40)38(44)28-43(49(46,47)35-19-10-5-11-20-35)32-22-24-34(25-23-32)48-33-17-8-4-9-18-33/h3-25,29,37H,26-28H2,1-2H3,(H,41,45). The van der Waals surface area contributed by atoms with Crippen LogP contribution in [-0.2, 0) is 32.6 Å². The predicted molar refractivity (Wildman–Crippen MR) is 193 cm³/mol. The van der Waals surface area contributed by atoms with Gasteiger partial charge in [-0.15, -0.1) is 0 Å². The van der Waals surface area contributed by atoms with Gasteiger partial charge in [0.15, 0.2) is 0 Å². The topological polar surface area (TPSA) is 96.0 Å². The third kappa shape index (κ3) is 9.28. The first-order valence-electron chi connectivity index (χ1n) is 15.9. The summed E-state index contributed by atoms with van der Waals surface area (Å²) in [5.41, 5.74) is 1.71. The molecular weight excluding hydrogens is 658 g/mol. The fourth-order valence-corrected chi connectivity index (χ4v) is 6.93. The van der Waals surface area contributed by atoms with Gasteiger partial charge in [-0.2, -0.15) is 0 Å². The highest BCUT2D eigenvalue weighted by Gasteiger charge is 2.35. The van der Waals surface area contributed by atoms with Gasteiger partial charge >= 0.3 is 0 Å². The molecule has 1 unspecified atom stereocenters. The Kier molecular flexibility index (Phi) is 11.7. The van der Waals surface area contributed by atoms with E-state index in [-0.39, 0.29) is 35.5 Å². The third-order valence-corrected chi connectivity index (χ3v) is 9.87. The Labute approximate surface area is 293 Å². The van der Waals surface area contributed by atoms with E-state index < -0.39 is 28.5 Å². The second-order valence-corrected chi connectivity index (χ2v) is 14.0. The van der Waals surface area contributed by atoms with Crippen molar-refractivity contribution in [1.82, 2.24) is 10.2 Å². The molecule has 0 bridgehead atoms. The molecule has 0 aliphatic carbocycles. The molecule has 0 aromatic heterocycles. The number of nitrogens with one attached hydrogen (secondary N) is 1. The average Bonchev–Trinajstić information content (AvgIpc) is 3.10. The van der Waals surface area contributed by atoms with E-state index >= 15 is 0 Å². The predicted octanol–water partition coefficient (Wildman–Crippen LogP) is 7.49. The lowest BCUT2D eigenvalue weighted by Gasteiger charge is -2.34. The van der Waals surface area contributed by atoms with E-state index in [0.717, 1.165) is 9.87 Å². The van der Waals surface area contributed by atoms with Crippen molar-refractivity contribution in [2.75, 3.05) is 10.8 Å². The maximum atomic E-state index is 14.6. The van der Waals surface area contributed by atoms with Gasteiger partial charge in [-0.3, -0.25) is 13.9 Å². The van der Waals surface area contributed by atoms with Crippen LogP contribution in [0.25, 0.3) is 0 Å². The van der Waals surface area contributed by atoms with Crippen LogP contribution in [0.3, 0.4) is 0 Å². The third-order valence-electron chi connectivity index (χ3n) is 7.71. The van der Waals surface area contributed by atoms with Crippen molar-refractivity contribution in [3.05, 3.63) is 156 Å². The molecule has 252 valence electrons. The zero-order valence-electron chi connectivity index (χ0n) is 27.3. The summed E-state index contributed by atoms with van der Waals surface area (Å²) in [6, 6.07) is 38.9. The van der Waals surface area contributed by atoms with Gasteiger partial charge in [-0.05, 0) is 79.6 Å². The zero-order valence-corrected chi connectivity index (χ0v) is 28.8. The molecule has 0 aliphatic heterocycles. The molecule has 5 aromatic rings. The summed E-state index contributed by atoms with van der Waals surface area (Å²) in [6.45, 7) is 3.08. The van der Waals surface area contributed by atoms with E-state index in [0.29, 0.717) is 22.1 Å². The number of para-hydroxylation sites is 1. The van der Waals surface area contributed by atoms with Gasteiger partial charge in [0.1, 0.15) is 24.1 Å². The molecule has 0 radical (unpaired) electrons. The molecule has 1 N–H and O–H groups in total. The summed E-state index contributed by atoms with van der Waals surface area (Å²) in [7, 11) is -4.24. The van der Waals surface area contributed by atoms with Crippen molar-refractivity contribution >= 4 is 39.1 Å². The molecular formula is C39H38ClN3O5S. The molecule has 0 saturated carbocycles. The summed E-state index contributed by atoms with van der Waals surface area (Å²) in [4.78, 5) is 29.9. The minimum absolute atomic E-state index is 0.0171. The van der Waals surface area contributed by atoms with Crippen LogP contribution in [0.5, 0.6) is 11.5 Å². The van der Waals surface area contributed by atoms with Crippen molar-refractivity contribution in [2.45, 2.75) is 43.8 Å². The first-order chi connectivity index (χ1) is 23.6. The highest BCUT2D eigenvalue weighted by atomic mass is 35.5. The van der Waals surface area contributed by atoms with Crippen LogP contribution >= 0.6 is 11.6 Å². The van der Waals surface area contributed by atoms with E-state index in [4.69, 9.17) is 16.3 Å². The van der Waals surface area contributed by atoms with Gasteiger partial charge < -0.3 is 15.0 Å². The first-order valence-corrected chi connectivity index (χ1v) is 17.7. The van der Waals surface area contributed by atoms with E-state index in [1.807, 2.05) is 74.5 Å². The van der Waals surface area contributed by atoms with Crippen LogP contribution in [0.4, 0.5) is 5.69 Å². The van der Waals surface area contributed by atoms with Crippen LogP contribution in [0.15, 0.2) is 144 Å². The van der Waals surface area contributed by atoms with Crippen molar-refractivity contribution in [1.29, 1.82) is 0 Å². The lowest BCUT2D eigenvalue weighted by atomic mass is 10.0. The number of hydrogen-bond donors (Lipinski definition) is 1. The Morgan fingerprint density at radius 3 is 1.90 bits per heavy atom. The molecule has 1 atom stereocenters. The quantitative estimate of drug-likeness (QED) is 0.130.